The molecule has 0 radical (unpaired) electrons. The number of alkyl halides is 3. The Morgan fingerprint density at radius 1 is 1.32 bits per heavy atom. The van der Waals surface area contributed by atoms with Crippen molar-refractivity contribution in [1.82, 2.24) is 4.98 Å². The maximum absolute atomic E-state index is 14.6. The van der Waals surface area contributed by atoms with E-state index in [0.29, 0.717) is 11.0 Å². The van der Waals surface area contributed by atoms with E-state index >= 15 is 0 Å². The lowest BCUT2D eigenvalue weighted by molar-refractivity contribution is -0.137. The van der Waals surface area contributed by atoms with Crippen molar-refractivity contribution in [3.05, 3.63) is 59.3 Å². The molecule has 1 aromatic heterocycles. The first kappa shape index (κ1) is 22.2. The number of pyridine rings is 1. The van der Waals surface area contributed by atoms with Crippen LogP contribution >= 0.6 is 0 Å². The van der Waals surface area contributed by atoms with Gasteiger partial charge in [-0.2, -0.15) is 13.2 Å². The van der Waals surface area contributed by atoms with Gasteiger partial charge in [0, 0.05) is 18.3 Å². The fourth-order valence-electron chi connectivity index (χ4n) is 3.14. The first-order valence-corrected chi connectivity index (χ1v) is 8.85. The molecule has 2 heterocycles. The minimum Gasteiger partial charge on any atom is -0.446 e. The molecule has 0 saturated carbocycles. The zero-order chi connectivity index (χ0) is 23.1. The molecule has 2 amide bonds. The Morgan fingerprint density at radius 3 is 2.61 bits per heavy atom. The average molecular weight is 441 g/mol. The molecule has 0 N–H and O–H groups in total. The van der Waals surface area contributed by atoms with E-state index in [9.17, 15) is 31.5 Å². The lowest BCUT2D eigenvalue weighted by atomic mass is 10.1. The molecule has 1 atom stereocenters. The number of carbonyl (C=O) groups excluding carboxylic acids is 2. The third-order valence-electron chi connectivity index (χ3n) is 4.67. The third-order valence-corrected chi connectivity index (χ3v) is 4.67. The smallest absolute Gasteiger partial charge is 0.416 e. The van der Waals surface area contributed by atoms with Crippen molar-refractivity contribution in [2.45, 2.75) is 19.1 Å². The zero-order valence-corrected chi connectivity index (χ0v) is 16.3. The van der Waals surface area contributed by atoms with Gasteiger partial charge >= 0.3 is 12.3 Å². The second-order valence-corrected chi connectivity index (χ2v) is 6.71. The number of carbonyl (C=O) groups is 2. The van der Waals surface area contributed by atoms with Gasteiger partial charge in [0.15, 0.2) is 11.9 Å². The highest BCUT2D eigenvalue weighted by Gasteiger charge is 2.43. The van der Waals surface area contributed by atoms with Crippen molar-refractivity contribution in [2.24, 2.45) is 0 Å². The number of benzene rings is 1. The molecule has 31 heavy (non-hydrogen) atoms. The molecule has 1 aliphatic rings. The molecule has 0 spiro atoms. The van der Waals surface area contributed by atoms with Crippen LogP contribution in [0, 0.1) is 18.6 Å². The Bertz CT molecular complexity index is 1070. The normalized spacial score (nSPS) is 16.3. The predicted octanol–water partition coefficient (Wildman–Crippen LogP) is 4.32. The number of ether oxygens (including phenoxy) is 1. The molecule has 1 saturated heterocycles. The Kier molecular flexibility index (Phi) is 5.70. The summed E-state index contributed by atoms with van der Waals surface area (Å²) >= 11 is 0. The predicted molar refractivity (Wildman–Crippen MR) is 101 cm³/mol. The third kappa shape index (κ3) is 4.07. The van der Waals surface area contributed by atoms with E-state index in [1.807, 2.05) is 0 Å². The van der Waals surface area contributed by atoms with Crippen molar-refractivity contribution < 1.29 is 36.3 Å². The number of aryl methyl sites for hydroxylation is 1. The van der Waals surface area contributed by atoms with Crippen molar-refractivity contribution in [3.8, 4) is 0 Å². The van der Waals surface area contributed by atoms with Crippen LogP contribution in [0.25, 0.3) is 6.08 Å². The van der Waals surface area contributed by atoms with Gasteiger partial charge in [-0.25, -0.2) is 23.5 Å². The molecule has 0 unspecified atom stereocenters. The molecule has 2 aromatic rings. The Hall–Kier alpha value is -3.50. The van der Waals surface area contributed by atoms with Crippen LogP contribution < -0.4 is 9.80 Å². The maximum atomic E-state index is 14.6. The standard InChI is InChI=1S/C20H16F5N3O3/c1-4-12-13(21)5-6-14(17(12)22)27(3)18(29)15-9-31-19(30)28(15)16-8-11(20(23,24)25)7-10(2)26-16/h4-8,15H,1,9H2,2-3H3/t15-/m0/s1. The summed E-state index contributed by atoms with van der Waals surface area (Å²) in [5.74, 6) is -3.26. The number of cyclic esters (lactones) is 1. The SMILES string of the molecule is C=Cc1c(F)ccc(N(C)C(=O)[C@@H]2COC(=O)N2c2cc(C(F)(F)F)cc(C)n2)c1F. The van der Waals surface area contributed by atoms with Crippen molar-refractivity contribution in [1.29, 1.82) is 0 Å². The number of hydrogen-bond donors (Lipinski definition) is 0. The van der Waals surface area contributed by atoms with Gasteiger partial charge in [0.1, 0.15) is 18.2 Å². The molecular formula is C20H16F5N3O3. The summed E-state index contributed by atoms with van der Waals surface area (Å²) in [6, 6.07) is 1.95. The van der Waals surface area contributed by atoms with E-state index in [-0.39, 0.29) is 11.4 Å². The van der Waals surface area contributed by atoms with Gasteiger partial charge in [-0.3, -0.25) is 4.79 Å². The number of likely N-dealkylation sites (N-methyl/N-ethyl adjacent to an activating group) is 1. The summed E-state index contributed by atoms with van der Waals surface area (Å²) in [4.78, 5) is 30.6. The topological polar surface area (TPSA) is 62.7 Å². The molecule has 1 aromatic carbocycles. The highest BCUT2D eigenvalue weighted by Crippen LogP contribution is 2.34. The van der Waals surface area contributed by atoms with Crippen LogP contribution in [0.5, 0.6) is 0 Å². The second-order valence-electron chi connectivity index (χ2n) is 6.71. The second kappa shape index (κ2) is 7.97. The Labute approximate surface area is 173 Å². The molecule has 164 valence electrons. The largest absolute Gasteiger partial charge is 0.446 e. The van der Waals surface area contributed by atoms with Gasteiger partial charge in [0.05, 0.1) is 11.3 Å². The van der Waals surface area contributed by atoms with Crippen molar-refractivity contribution in [3.63, 3.8) is 0 Å². The van der Waals surface area contributed by atoms with E-state index in [1.165, 1.54) is 14.0 Å². The molecule has 1 fully saturated rings. The van der Waals surface area contributed by atoms with Gasteiger partial charge in [0.2, 0.25) is 0 Å². The fraction of sp³-hybridized carbons (Fsp3) is 0.250. The number of nitrogens with zero attached hydrogens (tertiary/aromatic N) is 3. The highest BCUT2D eigenvalue weighted by molar-refractivity contribution is 6.05. The van der Waals surface area contributed by atoms with Gasteiger partial charge < -0.3 is 9.64 Å². The van der Waals surface area contributed by atoms with Gasteiger partial charge in [-0.15, -0.1) is 0 Å². The van der Waals surface area contributed by atoms with Gasteiger partial charge in [-0.1, -0.05) is 12.7 Å². The minimum atomic E-state index is -4.71. The van der Waals surface area contributed by atoms with Crippen LogP contribution in [-0.2, 0) is 15.7 Å². The zero-order valence-electron chi connectivity index (χ0n) is 16.3. The summed E-state index contributed by atoms with van der Waals surface area (Å²) in [5.41, 5.74) is -1.87. The first-order chi connectivity index (χ1) is 14.5. The number of rotatable bonds is 4. The Balaban J connectivity index is 2.00. The van der Waals surface area contributed by atoms with Gasteiger partial charge in [0.25, 0.3) is 5.91 Å². The molecule has 0 aliphatic carbocycles. The Morgan fingerprint density at radius 2 is 2.00 bits per heavy atom. The van der Waals surface area contributed by atoms with E-state index in [1.54, 1.807) is 0 Å². The number of amides is 2. The lowest BCUT2D eigenvalue weighted by Gasteiger charge is -2.26. The number of aromatic nitrogens is 1. The van der Waals surface area contributed by atoms with Crippen LogP contribution in [0.1, 0.15) is 16.8 Å². The monoisotopic (exact) mass is 441 g/mol. The summed E-state index contributed by atoms with van der Waals surface area (Å²) in [7, 11) is 1.18. The van der Waals surface area contributed by atoms with E-state index in [4.69, 9.17) is 4.74 Å². The fourth-order valence-corrected chi connectivity index (χ4v) is 3.14. The summed E-state index contributed by atoms with van der Waals surface area (Å²) in [6.07, 6.45) is -4.85. The van der Waals surface area contributed by atoms with Crippen LogP contribution in [-0.4, -0.2) is 36.7 Å². The van der Waals surface area contributed by atoms with Crippen LogP contribution in [0.3, 0.4) is 0 Å². The molecule has 3 rings (SSSR count). The number of halogens is 5. The van der Waals surface area contributed by atoms with E-state index < -0.39 is 59.4 Å². The van der Waals surface area contributed by atoms with E-state index in [0.717, 1.165) is 29.2 Å². The van der Waals surface area contributed by atoms with Gasteiger partial charge in [-0.05, 0) is 31.2 Å². The molecular weight excluding hydrogens is 425 g/mol. The summed E-state index contributed by atoms with van der Waals surface area (Å²) in [5, 5.41) is 0. The highest BCUT2D eigenvalue weighted by atomic mass is 19.4. The van der Waals surface area contributed by atoms with Crippen molar-refractivity contribution >= 4 is 29.6 Å². The minimum absolute atomic E-state index is 0.0377. The molecule has 11 heteroatoms. The molecule has 0 bridgehead atoms. The first-order valence-electron chi connectivity index (χ1n) is 8.85. The number of hydrogen-bond acceptors (Lipinski definition) is 4. The van der Waals surface area contributed by atoms with E-state index in [2.05, 4.69) is 11.6 Å². The van der Waals surface area contributed by atoms with Crippen molar-refractivity contribution in [2.75, 3.05) is 23.5 Å². The summed E-state index contributed by atoms with van der Waals surface area (Å²) < 4.78 is 72.7. The van der Waals surface area contributed by atoms with Crippen LogP contribution in [0.2, 0.25) is 0 Å². The molecule has 1 aliphatic heterocycles. The van der Waals surface area contributed by atoms with Crippen LogP contribution in [0.15, 0.2) is 30.8 Å². The summed E-state index contributed by atoms with van der Waals surface area (Å²) in [6.45, 7) is 4.13. The lowest BCUT2D eigenvalue weighted by Crippen LogP contribution is -2.47. The quantitative estimate of drug-likeness (QED) is 0.664. The van der Waals surface area contributed by atoms with Crippen LogP contribution in [0.4, 0.5) is 38.3 Å². The number of anilines is 2. The average Bonchev–Trinajstić information content (AvgIpc) is 3.07. The maximum Gasteiger partial charge on any atom is 0.416 e. The molecule has 6 nitrogen and oxygen atoms in total.